The molecule has 1 fully saturated rings. The lowest BCUT2D eigenvalue weighted by Gasteiger charge is -2.29. The number of thiophene rings is 1. The van der Waals surface area contributed by atoms with Gasteiger partial charge < -0.3 is 19.1 Å². The number of ether oxygens (including phenoxy) is 3. The zero-order valence-corrected chi connectivity index (χ0v) is 21.3. The van der Waals surface area contributed by atoms with E-state index in [1.165, 1.54) is 10.4 Å². The number of methoxy groups -OCH3 is 3. The molecule has 1 aliphatic carbocycles. The summed E-state index contributed by atoms with van der Waals surface area (Å²) in [6, 6.07) is 3.75. The van der Waals surface area contributed by atoms with Crippen LogP contribution in [0, 0.1) is 0 Å². The molecule has 8 nitrogen and oxygen atoms in total. The van der Waals surface area contributed by atoms with Gasteiger partial charge in [-0.2, -0.15) is 0 Å². The summed E-state index contributed by atoms with van der Waals surface area (Å²) >= 11 is 1.63. The Hall–Kier alpha value is -3.07. The van der Waals surface area contributed by atoms with Crippen LogP contribution in [0.4, 0.5) is 5.00 Å². The zero-order valence-electron chi connectivity index (χ0n) is 20.5. The topological polar surface area (TPSA) is 80.7 Å². The molecule has 9 heteroatoms. The molecule has 35 heavy (non-hydrogen) atoms. The molecule has 3 heterocycles. The first kappa shape index (κ1) is 23.7. The fourth-order valence-corrected chi connectivity index (χ4v) is 6.65. The van der Waals surface area contributed by atoms with E-state index in [1.807, 2.05) is 17.0 Å². The Balaban J connectivity index is 1.59. The fourth-order valence-electron chi connectivity index (χ4n) is 5.24. The van der Waals surface area contributed by atoms with E-state index in [0.29, 0.717) is 17.2 Å². The molecule has 186 valence electrons. The van der Waals surface area contributed by atoms with Crippen LogP contribution in [0.3, 0.4) is 0 Å². The molecule has 0 N–H and O–H groups in total. The van der Waals surface area contributed by atoms with Gasteiger partial charge >= 0.3 is 0 Å². The number of fused-ring (bicyclic) bond motifs is 3. The van der Waals surface area contributed by atoms with E-state index in [4.69, 9.17) is 19.2 Å². The number of hydrogen-bond acceptors (Lipinski definition) is 7. The minimum absolute atomic E-state index is 0.00814. The van der Waals surface area contributed by atoms with Gasteiger partial charge in [-0.25, -0.2) is 0 Å². The van der Waals surface area contributed by atoms with Gasteiger partial charge in [0, 0.05) is 29.1 Å². The Labute approximate surface area is 209 Å². The quantitative estimate of drug-likeness (QED) is 0.611. The second kappa shape index (κ2) is 9.89. The molecule has 3 aliphatic rings. The number of benzene rings is 1. The van der Waals surface area contributed by atoms with Gasteiger partial charge in [0.15, 0.2) is 11.5 Å². The van der Waals surface area contributed by atoms with E-state index in [1.54, 1.807) is 37.6 Å². The molecule has 0 spiro atoms. The van der Waals surface area contributed by atoms with Crippen LogP contribution in [0.25, 0.3) is 0 Å². The lowest BCUT2D eigenvalue weighted by Crippen LogP contribution is -2.45. The van der Waals surface area contributed by atoms with Gasteiger partial charge in [-0.05, 0) is 56.2 Å². The van der Waals surface area contributed by atoms with Crippen molar-refractivity contribution in [2.45, 2.75) is 38.5 Å². The lowest BCUT2D eigenvalue weighted by molar-refractivity contribution is -0.132. The Morgan fingerprint density at radius 2 is 1.71 bits per heavy atom. The molecule has 0 radical (unpaired) electrons. The highest BCUT2D eigenvalue weighted by Crippen LogP contribution is 2.45. The van der Waals surface area contributed by atoms with Crippen molar-refractivity contribution in [3.05, 3.63) is 33.7 Å². The van der Waals surface area contributed by atoms with Crippen molar-refractivity contribution in [2.75, 3.05) is 52.4 Å². The number of carbonyl (C=O) groups is 2. The van der Waals surface area contributed by atoms with E-state index in [9.17, 15) is 9.59 Å². The number of aryl methyl sites for hydroxylation is 1. The molecule has 5 rings (SSSR count). The number of anilines is 1. The SMILES string of the molecule is COc1cc(C2=NCC(=O)N(CC(=O)N3CCCCC3)c3sc4c(c32)CCC4)cc(OC)c1OC. The van der Waals surface area contributed by atoms with E-state index >= 15 is 0 Å². The molecule has 0 atom stereocenters. The summed E-state index contributed by atoms with van der Waals surface area (Å²) in [4.78, 5) is 36.1. The Kier molecular flexibility index (Phi) is 6.69. The third-order valence-corrected chi connectivity index (χ3v) is 8.31. The van der Waals surface area contributed by atoms with Crippen LogP contribution in [0.5, 0.6) is 17.2 Å². The summed E-state index contributed by atoms with van der Waals surface area (Å²) < 4.78 is 16.7. The molecule has 0 saturated carbocycles. The number of rotatable bonds is 6. The van der Waals surface area contributed by atoms with E-state index in [-0.39, 0.29) is 24.9 Å². The van der Waals surface area contributed by atoms with Gasteiger partial charge in [0.25, 0.3) is 0 Å². The first-order valence-corrected chi connectivity index (χ1v) is 12.9. The fraction of sp³-hybridized carbons (Fsp3) is 0.500. The molecular weight excluding hydrogens is 466 g/mol. The van der Waals surface area contributed by atoms with Gasteiger partial charge in [-0.15, -0.1) is 11.3 Å². The molecule has 1 aromatic heterocycles. The molecular formula is C26H31N3O5S. The standard InChI is InChI=1S/C26H31N3O5S/c1-32-18-12-16(13-19(33-2)25(18)34-3)24-23-17-8-7-9-20(17)35-26(23)29(21(30)14-27-24)15-22(31)28-10-5-4-6-11-28/h12-13H,4-11,14-15H2,1-3H3. The van der Waals surface area contributed by atoms with E-state index in [0.717, 1.165) is 73.5 Å². The van der Waals surface area contributed by atoms with E-state index in [2.05, 4.69) is 0 Å². The Morgan fingerprint density at radius 3 is 2.37 bits per heavy atom. The molecule has 2 amide bonds. The summed E-state index contributed by atoms with van der Waals surface area (Å²) in [5.74, 6) is 1.43. The molecule has 2 aromatic rings. The predicted octanol–water partition coefficient (Wildman–Crippen LogP) is 3.46. The number of piperidine rings is 1. The van der Waals surface area contributed by atoms with Crippen molar-refractivity contribution >= 4 is 33.9 Å². The molecule has 1 saturated heterocycles. The lowest BCUT2D eigenvalue weighted by atomic mass is 9.98. The number of hydrogen-bond donors (Lipinski definition) is 0. The number of nitrogens with zero attached hydrogens (tertiary/aromatic N) is 3. The largest absolute Gasteiger partial charge is 0.493 e. The Bertz CT molecular complexity index is 1160. The minimum atomic E-state index is -0.154. The smallest absolute Gasteiger partial charge is 0.249 e. The molecule has 0 unspecified atom stereocenters. The number of amides is 2. The second-order valence-electron chi connectivity index (χ2n) is 9.04. The highest BCUT2D eigenvalue weighted by Gasteiger charge is 2.35. The van der Waals surface area contributed by atoms with Gasteiger partial charge in [0.2, 0.25) is 17.6 Å². The summed E-state index contributed by atoms with van der Waals surface area (Å²) in [5, 5.41) is 0.829. The third-order valence-electron chi connectivity index (χ3n) is 7.00. The second-order valence-corrected chi connectivity index (χ2v) is 10.1. The summed E-state index contributed by atoms with van der Waals surface area (Å²) in [6.45, 7) is 1.57. The summed E-state index contributed by atoms with van der Waals surface area (Å²) in [7, 11) is 4.74. The highest BCUT2D eigenvalue weighted by atomic mass is 32.1. The van der Waals surface area contributed by atoms with Gasteiger partial charge in [-0.1, -0.05) is 0 Å². The van der Waals surface area contributed by atoms with Gasteiger partial charge in [-0.3, -0.25) is 19.5 Å². The van der Waals surface area contributed by atoms with Crippen LogP contribution in [0.15, 0.2) is 17.1 Å². The van der Waals surface area contributed by atoms with Crippen LogP contribution >= 0.6 is 11.3 Å². The Morgan fingerprint density at radius 1 is 1.00 bits per heavy atom. The van der Waals surface area contributed by atoms with E-state index < -0.39 is 0 Å². The first-order chi connectivity index (χ1) is 17.0. The van der Waals surface area contributed by atoms with Crippen molar-refractivity contribution in [1.82, 2.24) is 4.90 Å². The summed E-state index contributed by atoms with van der Waals surface area (Å²) in [5.41, 5.74) is 3.74. The normalized spacial score (nSPS) is 17.5. The zero-order chi connectivity index (χ0) is 24.5. The number of likely N-dealkylation sites (tertiary alicyclic amines) is 1. The minimum Gasteiger partial charge on any atom is -0.493 e. The molecule has 1 aromatic carbocycles. The van der Waals surface area contributed by atoms with Crippen LogP contribution in [0.2, 0.25) is 0 Å². The van der Waals surface area contributed by atoms with Crippen molar-refractivity contribution in [3.8, 4) is 17.2 Å². The summed E-state index contributed by atoms with van der Waals surface area (Å²) in [6.07, 6.45) is 6.20. The first-order valence-electron chi connectivity index (χ1n) is 12.1. The monoisotopic (exact) mass is 497 g/mol. The van der Waals surface area contributed by atoms with Crippen molar-refractivity contribution in [2.24, 2.45) is 4.99 Å². The van der Waals surface area contributed by atoms with Crippen molar-refractivity contribution < 1.29 is 23.8 Å². The maximum absolute atomic E-state index is 13.3. The van der Waals surface area contributed by atoms with Crippen molar-refractivity contribution in [3.63, 3.8) is 0 Å². The maximum Gasteiger partial charge on any atom is 0.249 e. The average Bonchev–Trinajstić information content (AvgIpc) is 3.45. The number of carbonyl (C=O) groups excluding carboxylic acids is 2. The van der Waals surface area contributed by atoms with Gasteiger partial charge in [0.05, 0.1) is 27.0 Å². The predicted molar refractivity (Wildman–Crippen MR) is 136 cm³/mol. The van der Waals surface area contributed by atoms with Crippen LogP contribution in [0.1, 0.15) is 47.3 Å². The number of aliphatic imine (C=N–C) groups is 1. The van der Waals surface area contributed by atoms with Crippen LogP contribution in [-0.2, 0) is 22.4 Å². The van der Waals surface area contributed by atoms with Crippen LogP contribution in [-0.4, -0.2) is 69.9 Å². The maximum atomic E-state index is 13.3. The molecule has 2 aliphatic heterocycles. The highest BCUT2D eigenvalue weighted by molar-refractivity contribution is 7.17. The third kappa shape index (κ3) is 4.26. The van der Waals surface area contributed by atoms with Gasteiger partial charge in [0.1, 0.15) is 18.1 Å². The molecule has 0 bridgehead atoms. The van der Waals surface area contributed by atoms with Crippen molar-refractivity contribution in [1.29, 1.82) is 0 Å². The average molecular weight is 498 g/mol. The van der Waals surface area contributed by atoms with Crippen LogP contribution < -0.4 is 19.1 Å².